The van der Waals surface area contributed by atoms with Crippen molar-refractivity contribution in [3.63, 3.8) is 0 Å². The van der Waals surface area contributed by atoms with Crippen LogP contribution in [-0.2, 0) is 9.59 Å². The van der Waals surface area contributed by atoms with Crippen LogP contribution in [0.1, 0.15) is 284 Å². The van der Waals surface area contributed by atoms with E-state index < -0.39 is 0 Å². The van der Waals surface area contributed by atoms with Gasteiger partial charge in [0.1, 0.15) is 6.17 Å². The van der Waals surface area contributed by atoms with Crippen molar-refractivity contribution in [3.8, 4) is 0 Å². The summed E-state index contributed by atoms with van der Waals surface area (Å²) in [5.41, 5.74) is 0. The van der Waals surface area contributed by atoms with Crippen molar-refractivity contribution in [3.05, 3.63) is 0 Å². The number of hydrogen-bond donors (Lipinski definition) is 2. The zero-order valence-corrected chi connectivity index (χ0v) is 35.4. The van der Waals surface area contributed by atoms with Gasteiger partial charge >= 0.3 is 0 Å². The van der Waals surface area contributed by atoms with Crippen molar-refractivity contribution in [1.82, 2.24) is 10.6 Å². The highest BCUT2D eigenvalue weighted by Crippen LogP contribution is 2.17. The molecule has 0 radical (unpaired) electrons. The third-order valence-corrected chi connectivity index (χ3v) is 11.1. The van der Waals surface area contributed by atoms with Crippen LogP contribution in [0.5, 0.6) is 0 Å². The summed E-state index contributed by atoms with van der Waals surface area (Å²) in [5.74, 6) is 0.162. The maximum atomic E-state index is 12.5. The van der Waals surface area contributed by atoms with Gasteiger partial charge in [0.05, 0.1) is 0 Å². The molecule has 0 saturated heterocycles. The number of carbonyl (C=O) groups excluding carboxylic acids is 2. The average Bonchev–Trinajstić information content (AvgIpc) is 3.13. The normalized spacial score (nSPS) is 11.5. The van der Waals surface area contributed by atoms with E-state index in [0.29, 0.717) is 12.8 Å². The lowest BCUT2D eigenvalue weighted by Crippen LogP contribution is -2.47. The van der Waals surface area contributed by atoms with E-state index in [0.717, 1.165) is 32.1 Å². The smallest absolute Gasteiger partial charge is 0.221 e. The Morgan fingerprint density at radius 2 is 0.471 bits per heavy atom. The summed E-state index contributed by atoms with van der Waals surface area (Å²) in [7, 11) is 0. The van der Waals surface area contributed by atoms with Crippen LogP contribution in [0.3, 0.4) is 0 Å². The standard InChI is InChI=1S/C47H94N2O2/c1-4-7-9-11-13-15-17-19-21-23-25-27-29-31-33-35-37-39-41-43-46(50)48-45(6-3)49-47(51)44-42-40-38-36-34-32-30-28-26-24-22-20-18-16-14-12-10-8-5-2/h45H,4-44H2,1-3H3,(H,48,50)(H,49,51). The Labute approximate surface area is 321 Å². The number of nitrogens with one attached hydrogen (secondary N) is 2. The van der Waals surface area contributed by atoms with Crippen LogP contribution in [0.4, 0.5) is 0 Å². The van der Waals surface area contributed by atoms with Gasteiger partial charge in [0.2, 0.25) is 11.8 Å². The maximum absolute atomic E-state index is 12.5. The first kappa shape index (κ1) is 49.9. The Hall–Kier alpha value is -1.06. The minimum absolute atomic E-state index is 0.0811. The van der Waals surface area contributed by atoms with E-state index in [9.17, 15) is 9.59 Å². The molecular weight excluding hydrogens is 625 g/mol. The van der Waals surface area contributed by atoms with E-state index in [1.54, 1.807) is 0 Å². The first-order chi connectivity index (χ1) is 25.1. The highest BCUT2D eigenvalue weighted by atomic mass is 16.2. The van der Waals surface area contributed by atoms with Crippen molar-refractivity contribution in [1.29, 1.82) is 0 Å². The second-order valence-electron chi connectivity index (χ2n) is 16.3. The molecule has 0 rings (SSSR count). The Balaban J connectivity index is 3.45. The number of amides is 2. The van der Waals surface area contributed by atoms with Crippen LogP contribution in [0.2, 0.25) is 0 Å². The molecule has 0 saturated carbocycles. The minimum Gasteiger partial charge on any atom is -0.336 e. The fourth-order valence-electron chi connectivity index (χ4n) is 7.50. The fraction of sp³-hybridized carbons (Fsp3) is 0.957. The largest absolute Gasteiger partial charge is 0.336 e. The topological polar surface area (TPSA) is 58.2 Å². The number of rotatable bonds is 43. The van der Waals surface area contributed by atoms with E-state index in [-0.39, 0.29) is 18.0 Å². The Morgan fingerprint density at radius 1 is 0.294 bits per heavy atom. The van der Waals surface area contributed by atoms with Crippen LogP contribution in [0.15, 0.2) is 0 Å². The molecule has 0 atom stereocenters. The van der Waals surface area contributed by atoms with E-state index in [2.05, 4.69) is 24.5 Å². The lowest BCUT2D eigenvalue weighted by Gasteiger charge is -2.18. The highest BCUT2D eigenvalue weighted by molar-refractivity contribution is 5.79. The minimum atomic E-state index is -0.231. The van der Waals surface area contributed by atoms with Crippen molar-refractivity contribution in [2.75, 3.05) is 0 Å². The summed E-state index contributed by atoms with van der Waals surface area (Å²) in [6.07, 6.45) is 53.4. The first-order valence-corrected chi connectivity index (χ1v) is 23.7. The molecule has 0 heterocycles. The second kappa shape index (κ2) is 43.3. The van der Waals surface area contributed by atoms with Gasteiger partial charge in [0, 0.05) is 12.8 Å². The summed E-state index contributed by atoms with van der Waals surface area (Å²) in [6, 6.07) is 0. The molecule has 0 aliphatic carbocycles. The molecule has 0 aromatic carbocycles. The van der Waals surface area contributed by atoms with Crippen LogP contribution in [0.25, 0.3) is 0 Å². The van der Waals surface area contributed by atoms with Crippen LogP contribution < -0.4 is 10.6 Å². The zero-order valence-electron chi connectivity index (χ0n) is 35.4. The van der Waals surface area contributed by atoms with E-state index in [1.165, 1.54) is 218 Å². The number of carbonyl (C=O) groups is 2. The van der Waals surface area contributed by atoms with E-state index >= 15 is 0 Å². The Bertz CT molecular complexity index is 640. The summed E-state index contributed by atoms with van der Waals surface area (Å²) in [4.78, 5) is 24.9. The monoisotopic (exact) mass is 719 g/mol. The van der Waals surface area contributed by atoms with Gasteiger partial charge in [-0.15, -0.1) is 0 Å². The lowest BCUT2D eigenvalue weighted by molar-refractivity contribution is -0.124. The molecule has 0 aromatic heterocycles. The summed E-state index contributed by atoms with van der Waals surface area (Å²) >= 11 is 0. The van der Waals surface area contributed by atoms with Crippen molar-refractivity contribution >= 4 is 11.8 Å². The van der Waals surface area contributed by atoms with Gasteiger partial charge < -0.3 is 10.6 Å². The molecule has 51 heavy (non-hydrogen) atoms. The first-order valence-electron chi connectivity index (χ1n) is 23.7. The van der Waals surface area contributed by atoms with Crippen LogP contribution in [-0.4, -0.2) is 18.0 Å². The van der Waals surface area contributed by atoms with Crippen molar-refractivity contribution in [2.24, 2.45) is 0 Å². The summed E-state index contributed by atoms with van der Waals surface area (Å²) in [6.45, 7) is 6.61. The molecule has 0 aliphatic heterocycles. The molecule has 0 aliphatic rings. The number of hydrogen-bond acceptors (Lipinski definition) is 2. The van der Waals surface area contributed by atoms with Gasteiger partial charge in [-0.1, -0.05) is 252 Å². The quantitative estimate of drug-likeness (QED) is 0.0487. The zero-order chi connectivity index (χ0) is 37.1. The molecule has 0 fully saturated rings. The van der Waals surface area contributed by atoms with Gasteiger partial charge in [0.25, 0.3) is 0 Å². The van der Waals surface area contributed by atoms with Crippen molar-refractivity contribution < 1.29 is 9.59 Å². The van der Waals surface area contributed by atoms with Gasteiger partial charge in [-0.25, -0.2) is 0 Å². The summed E-state index contributed by atoms with van der Waals surface area (Å²) in [5, 5.41) is 6.09. The van der Waals surface area contributed by atoms with Gasteiger partial charge in [-0.2, -0.15) is 0 Å². The molecule has 0 aromatic rings. The second-order valence-corrected chi connectivity index (χ2v) is 16.3. The average molecular weight is 719 g/mol. The molecule has 0 unspecified atom stereocenters. The molecule has 2 N–H and O–H groups in total. The summed E-state index contributed by atoms with van der Waals surface area (Å²) < 4.78 is 0. The molecular formula is C47H94N2O2. The predicted molar refractivity (Wildman–Crippen MR) is 226 cm³/mol. The lowest BCUT2D eigenvalue weighted by atomic mass is 10.0. The molecule has 304 valence electrons. The Kier molecular flexibility index (Phi) is 42.4. The fourth-order valence-corrected chi connectivity index (χ4v) is 7.50. The van der Waals surface area contributed by atoms with Crippen LogP contribution in [0, 0.1) is 0 Å². The molecule has 2 amide bonds. The van der Waals surface area contributed by atoms with E-state index in [4.69, 9.17) is 0 Å². The van der Waals surface area contributed by atoms with Gasteiger partial charge in [-0.05, 0) is 19.3 Å². The van der Waals surface area contributed by atoms with Crippen molar-refractivity contribution in [2.45, 2.75) is 290 Å². The van der Waals surface area contributed by atoms with E-state index in [1.807, 2.05) is 6.92 Å². The van der Waals surface area contributed by atoms with Gasteiger partial charge in [-0.3, -0.25) is 9.59 Å². The maximum Gasteiger partial charge on any atom is 0.221 e. The molecule has 4 nitrogen and oxygen atoms in total. The third-order valence-electron chi connectivity index (χ3n) is 11.1. The third kappa shape index (κ3) is 41.6. The number of unbranched alkanes of at least 4 members (excludes halogenated alkanes) is 36. The van der Waals surface area contributed by atoms with Crippen LogP contribution >= 0.6 is 0 Å². The molecule has 4 heteroatoms. The highest BCUT2D eigenvalue weighted by Gasteiger charge is 2.13. The Morgan fingerprint density at radius 3 is 0.647 bits per heavy atom. The molecule has 0 bridgehead atoms. The SMILES string of the molecule is CCCCCCCCCCCCCCCCCCCCCC(=O)NC(CC)NC(=O)CCCCCCCCCCCCCCCCCCCCC. The molecule has 0 spiro atoms. The predicted octanol–water partition coefficient (Wildman–Crippen LogP) is 15.6. The van der Waals surface area contributed by atoms with Gasteiger partial charge in [0.15, 0.2) is 0 Å².